The van der Waals surface area contributed by atoms with Crippen molar-refractivity contribution in [3.63, 3.8) is 0 Å². The second-order valence-corrected chi connectivity index (χ2v) is 9.66. The molecule has 1 spiro atoms. The van der Waals surface area contributed by atoms with Gasteiger partial charge in [-0.2, -0.15) is 0 Å². The summed E-state index contributed by atoms with van der Waals surface area (Å²) in [5.41, 5.74) is 3.76. The van der Waals surface area contributed by atoms with Crippen LogP contribution >= 0.6 is 11.3 Å². The molecule has 2 aliphatic heterocycles. The summed E-state index contributed by atoms with van der Waals surface area (Å²) in [4.78, 5) is 14.3. The molecule has 0 atom stereocenters. The second-order valence-electron chi connectivity index (χ2n) is 8.67. The van der Waals surface area contributed by atoms with Crippen LogP contribution in [0, 0.1) is 0 Å². The van der Waals surface area contributed by atoms with Gasteiger partial charge in [0, 0.05) is 28.5 Å². The Labute approximate surface area is 192 Å². The van der Waals surface area contributed by atoms with Crippen LogP contribution in [0.25, 0.3) is 11.1 Å². The molecule has 1 fully saturated rings. The Morgan fingerprint density at radius 1 is 1.09 bits per heavy atom. The van der Waals surface area contributed by atoms with E-state index in [2.05, 4.69) is 52.7 Å². The third-order valence-electron chi connectivity index (χ3n) is 6.63. The minimum absolute atomic E-state index is 0.0475. The number of likely N-dealkylation sites (tertiary alicyclic amines) is 1. The molecule has 0 radical (unpaired) electrons. The molecule has 1 N–H and O–H groups in total. The monoisotopic (exact) mass is 449 g/mol. The van der Waals surface area contributed by atoms with Crippen LogP contribution in [0.5, 0.6) is 11.5 Å². The van der Waals surface area contributed by atoms with E-state index in [0.717, 1.165) is 37.4 Å². The minimum atomic E-state index is -0.730. The van der Waals surface area contributed by atoms with Crippen LogP contribution in [0.2, 0.25) is 0 Å². The summed E-state index contributed by atoms with van der Waals surface area (Å²) in [7, 11) is 0. The fourth-order valence-electron chi connectivity index (χ4n) is 4.71. The molecule has 2 aromatic carbocycles. The molecular formula is C26H27NO4S. The third-order valence-corrected chi connectivity index (χ3v) is 7.54. The largest absolute Gasteiger partial charge is 0.492 e. The smallest absolute Gasteiger partial charge is 0.304 e. The van der Waals surface area contributed by atoms with Gasteiger partial charge in [0.15, 0.2) is 0 Å². The summed E-state index contributed by atoms with van der Waals surface area (Å²) in [6, 6.07) is 18.8. The van der Waals surface area contributed by atoms with Crippen LogP contribution in [0.4, 0.5) is 0 Å². The highest BCUT2D eigenvalue weighted by Gasteiger charge is 2.43. The maximum Gasteiger partial charge on any atom is 0.304 e. The molecule has 3 heterocycles. The van der Waals surface area contributed by atoms with Gasteiger partial charge >= 0.3 is 5.97 Å². The number of rotatable bonds is 7. The number of aliphatic carboxylic acids is 1. The molecule has 3 aromatic rings. The Kier molecular flexibility index (Phi) is 5.89. The van der Waals surface area contributed by atoms with Crippen molar-refractivity contribution in [1.82, 2.24) is 4.90 Å². The van der Waals surface area contributed by atoms with E-state index in [1.54, 1.807) is 11.3 Å². The van der Waals surface area contributed by atoms with Crippen LogP contribution in [0.3, 0.4) is 0 Å². The molecule has 0 bridgehead atoms. The van der Waals surface area contributed by atoms with Gasteiger partial charge in [0.05, 0.1) is 13.0 Å². The molecule has 0 saturated carbocycles. The van der Waals surface area contributed by atoms with Crippen LogP contribution in [0.1, 0.15) is 29.7 Å². The molecule has 32 heavy (non-hydrogen) atoms. The first-order valence-electron chi connectivity index (χ1n) is 11.1. The van der Waals surface area contributed by atoms with Gasteiger partial charge in [0.1, 0.15) is 18.1 Å². The molecule has 1 aromatic heterocycles. The van der Waals surface area contributed by atoms with Crippen molar-refractivity contribution in [2.75, 3.05) is 26.2 Å². The fraction of sp³-hybridized carbons (Fsp3) is 0.346. The van der Waals surface area contributed by atoms with Crippen LogP contribution < -0.4 is 9.47 Å². The molecule has 1 saturated heterocycles. The molecule has 5 rings (SSSR count). The van der Waals surface area contributed by atoms with Gasteiger partial charge in [-0.15, -0.1) is 11.3 Å². The lowest BCUT2D eigenvalue weighted by Gasteiger charge is -2.38. The quantitative estimate of drug-likeness (QED) is 0.538. The highest BCUT2D eigenvalue weighted by molar-refractivity contribution is 7.10. The Bertz CT molecular complexity index is 1090. The first-order valence-corrected chi connectivity index (χ1v) is 12.0. The topological polar surface area (TPSA) is 59.0 Å². The first kappa shape index (κ1) is 21.0. The van der Waals surface area contributed by atoms with Gasteiger partial charge in [-0.05, 0) is 54.6 Å². The van der Waals surface area contributed by atoms with Gasteiger partial charge in [-0.1, -0.05) is 36.4 Å². The number of fused-ring (bicyclic) bond motifs is 2. The summed E-state index contributed by atoms with van der Waals surface area (Å²) in [5.74, 6) is 1.03. The molecular weight excluding hydrogens is 422 g/mol. The minimum Gasteiger partial charge on any atom is -0.492 e. The van der Waals surface area contributed by atoms with Gasteiger partial charge in [-0.25, -0.2) is 0 Å². The Morgan fingerprint density at radius 3 is 2.69 bits per heavy atom. The van der Waals surface area contributed by atoms with Gasteiger partial charge in [0.2, 0.25) is 0 Å². The summed E-state index contributed by atoms with van der Waals surface area (Å²) >= 11 is 1.71. The Hall–Kier alpha value is -2.83. The van der Waals surface area contributed by atoms with Gasteiger partial charge < -0.3 is 19.5 Å². The van der Waals surface area contributed by atoms with E-state index in [0.29, 0.717) is 19.8 Å². The van der Waals surface area contributed by atoms with Crippen molar-refractivity contribution in [3.8, 4) is 22.6 Å². The second kappa shape index (κ2) is 8.96. The van der Waals surface area contributed by atoms with E-state index >= 15 is 0 Å². The van der Waals surface area contributed by atoms with Crippen molar-refractivity contribution < 1.29 is 19.4 Å². The lowest BCUT2D eigenvalue weighted by atomic mass is 9.74. The van der Waals surface area contributed by atoms with Crippen LogP contribution in [0.15, 0.2) is 60.0 Å². The summed E-state index contributed by atoms with van der Waals surface area (Å²) in [6.07, 6.45) is 2.20. The molecule has 166 valence electrons. The zero-order chi connectivity index (χ0) is 22.0. The Morgan fingerprint density at radius 2 is 1.91 bits per heavy atom. The lowest BCUT2D eigenvalue weighted by Crippen LogP contribution is -2.44. The van der Waals surface area contributed by atoms with E-state index in [1.807, 2.05) is 12.1 Å². The number of piperidine rings is 1. The van der Waals surface area contributed by atoms with Crippen molar-refractivity contribution in [2.24, 2.45) is 0 Å². The van der Waals surface area contributed by atoms with Gasteiger partial charge in [-0.3, -0.25) is 4.79 Å². The van der Waals surface area contributed by atoms with E-state index in [9.17, 15) is 4.79 Å². The number of thiophene rings is 1. The molecule has 0 aliphatic carbocycles. The summed E-state index contributed by atoms with van der Waals surface area (Å²) in [5, 5.41) is 11.1. The highest BCUT2D eigenvalue weighted by atomic mass is 32.1. The van der Waals surface area contributed by atoms with E-state index in [1.165, 1.54) is 21.6 Å². The number of benzene rings is 2. The normalized spacial score (nSPS) is 17.1. The first-order chi connectivity index (χ1) is 15.6. The number of carboxylic acids is 1. The standard InChI is InChI=1S/C26H27NO4S/c28-25(29)8-11-27-12-9-26(10-13-27)18-31-24-15-21(6-7-23(24)26)30-16-22-14-20(17-32-22)19-4-2-1-3-5-19/h1-7,14-15,17H,8-13,16,18H2,(H,28,29). The number of hydrogen-bond acceptors (Lipinski definition) is 5. The zero-order valence-electron chi connectivity index (χ0n) is 18.0. The predicted octanol–water partition coefficient (Wildman–Crippen LogP) is 5.19. The lowest BCUT2D eigenvalue weighted by molar-refractivity contribution is -0.137. The Balaban J connectivity index is 1.20. The number of carbonyl (C=O) groups is 1. The SMILES string of the molecule is O=C(O)CCN1CCC2(CC1)COc1cc(OCc3cc(-c4ccccc4)cs3)ccc12. The van der Waals surface area contributed by atoms with Crippen molar-refractivity contribution in [1.29, 1.82) is 0 Å². The molecule has 5 nitrogen and oxygen atoms in total. The summed E-state index contributed by atoms with van der Waals surface area (Å²) in [6.45, 7) is 3.69. The molecule has 2 aliphatic rings. The van der Waals surface area contributed by atoms with E-state index in [-0.39, 0.29) is 11.8 Å². The van der Waals surface area contributed by atoms with Crippen molar-refractivity contribution in [3.05, 3.63) is 70.4 Å². The number of ether oxygens (including phenoxy) is 2. The van der Waals surface area contributed by atoms with Crippen molar-refractivity contribution >= 4 is 17.3 Å². The molecule has 0 amide bonds. The number of nitrogens with zero attached hydrogens (tertiary/aromatic N) is 1. The third kappa shape index (κ3) is 4.38. The van der Waals surface area contributed by atoms with E-state index < -0.39 is 5.97 Å². The van der Waals surface area contributed by atoms with E-state index in [4.69, 9.17) is 14.6 Å². The molecule has 0 unspecified atom stereocenters. The van der Waals surface area contributed by atoms with Crippen LogP contribution in [-0.2, 0) is 16.8 Å². The number of hydrogen-bond donors (Lipinski definition) is 1. The highest BCUT2D eigenvalue weighted by Crippen LogP contribution is 2.46. The predicted molar refractivity (Wildman–Crippen MR) is 126 cm³/mol. The van der Waals surface area contributed by atoms with Crippen LogP contribution in [-0.4, -0.2) is 42.2 Å². The zero-order valence-corrected chi connectivity index (χ0v) is 18.8. The average Bonchev–Trinajstić information content (AvgIpc) is 3.43. The molecule has 6 heteroatoms. The maximum atomic E-state index is 10.8. The van der Waals surface area contributed by atoms with Crippen molar-refractivity contribution in [2.45, 2.75) is 31.3 Å². The average molecular weight is 450 g/mol. The fourth-order valence-corrected chi connectivity index (χ4v) is 5.51. The summed E-state index contributed by atoms with van der Waals surface area (Å²) < 4.78 is 12.2. The maximum absolute atomic E-state index is 10.8. The van der Waals surface area contributed by atoms with Gasteiger partial charge in [0.25, 0.3) is 0 Å². The number of carboxylic acid groups (broad SMARTS) is 1.